The average Bonchev–Trinajstić information content (AvgIpc) is 1.96. The van der Waals surface area contributed by atoms with Crippen molar-refractivity contribution in [2.45, 2.75) is 118 Å². The molecule has 0 atom stereocenters. The molecular weight excluding hydrogens is 600 g/mol. The Labute approximate surface area is 225 Å². The number of nitrogens with zero attached hydrogens (tertiary/aromatic N) is 3. The molecule has 0 unspecified atom stereocenters. The van der Waals surface area contributed by atoms with E-state index >= 15 is 0 Å². The molecule has 0 aliphatic rings. The summed E-state index contributed by atoms with van der Waals surface area (Å²) in [5, 5.41) is 0. The van der Waals surface area contributed by atoms with Crippen molar-refractivity contribution in [2.24, 2.45) is 0 Å². The van der Waals surface area contributed by atoms with E-state index in [2.05, 4.69) is 118 Å². The van der Waals surface area contributed by atoms with Gasteiger partial charge in [-0.1, -0.05) is 167 Å². The first-order valence-corrected chi connectivity index (χ1v) is 31.0. The zero-order valence-electron chi connectivity index (χ0n) is 22.6. The third-order valence-corrected chi connectivity index (χ3v) is 18.1. The fourth-order valence-corrected chi connectivity index (χ4v) is 27.2. The van der Waals surface area contributed by atoms with Crippen molar-refractivity contribution in [3.63, 3.8) is 0 Å². The Morgan fingerprint density at radius 3 is 0.321 bits per heavy atom. The molecule has 0 spiro atoms. The Bertz CT molecular complexity index is 297. The molecule has 0 amide bonds. The third kappa shape index (κ3) is 51.4. The summed E-state index contributed by atoms with van der Waals surface area (Å²) < 4.78 is 14.5. The normalized spacial score (nSPS) is 13.5. The summed E-state index contributed by atoms with van der Waals surface area (Å²) in [4.78, 5) is 0. The van der Waals surface area contributed by atoms with E-state index in [1.807, 2.05) is 0 Å². The fourth-order valence-electron chi connectivity index (χ4n) is 3.02. The molecule has 0 N–H and O–H groups in total. The summed E-state index contributed by atoms with van der Waals surface area (Å²) in [6, 6.07) is 0. The van der Waals surface area contributed by atoms with E-state index in [1.165, 1.54) is 0 Å². The monoisotopic (exact) mass is 654 g/mol. The molecule has 0 heterocycles. The van der Waals surface area contributed by atoms with E-state index in [9.17, 15) is 0 Å². The van der Waals surface area contributed by atoms with Crippen molar-refractivity contribution >= 4 is 49.4 Å². The second kappa shape index (κ2) is 14.1. The molecule has 0 aromatic rings. The average molecular weight is 654 g/mol. The Morgan fingerprint density at radius 2 is 0.321 bits per heavy atom. The topological polar surface area (TPSA) is 42.3 Å². The van der Waals surface area contributed by atoms with Crippen LogP contribution < -0.4 is 0 Å². The SMILES string of the molecule is C[Si](C)(C)[N-][Si](C)(C)C.C[Si](C)(C)[N-][Si](C)(C)C.C[Si](C)(C)[N-][Si](C)(C)C.[Yb+3]. The molecule has 28 heavy (non-hydrogen) atoms. The Balaban J connectivity index is -0.000000152. The van der Waals surface area contributed by atoms with Gasteiger partial charge >= 0.3 is 46.9 Å². The largest absolute Gasteiger partial charge is 3.00 e. The first-order valence-electron chi connectivity index (χ1n) is 10.3. The van der Waals surface area contributed by atoms with Crippen LogP contribution in [0.4, 0.5) is 0 Å². The molecule has 0 fully saturated rings. The Kier molecular flexibility index (Phi) is 19.1. The second-order valence-corrected chi connectivity index (χ2v) is 42.1. The van der Waals surface area contributed by atoms with Crippen LogP contribution >= 0.6 is 0 Å². The molecule has 10 heteroatoms. The molecule has 3 nitrogen and oxygen atoms in total. The minimum absolute atomic E-state index is 0. The first-order chi connectivity index (χ1) is 11.1. The van der Waals surface area contributed by atoms with Gasteiger partial charge in [0, 0.05) is 0 Å². The minimum atomic E-state index is -1.11. The van der Waals surface area contributed by atoms with Gasteiger partial charge in [0.15, 0.2) is 0 Å². The van der Waals surface area contributed by atoms with Gasteiger partial charge in [-0.25, -0.2) is 0 Å². The van der Waals surface area contributed by atoms with E-state index in [0.717, 1.165) is 0 Å². The van der Waals surface area contributed by atoms with Gasteiger partial charge in [-0.15, -0.1) is 0 Å². The standard InChI is InChI=1S/3C6H18NSi2.Yb/c3*1-8(2,3)7-9(4,5)6;/h3*1-6H3;/q3*-1;+3. The summed E-state index contributed by atoms with van der Waals surface area (Å²) in [5.41, 5.74) is 0. The van der Waals surface area contributed by atoms with Gasteiger partial charge in [0.05, 0.1) is 0 Å². The van der Waals surface area contributed by atoms with E-state index in [4.69, 9.17) is 13.9 Å². The zero-order valence-corrected chi connectivity index (χ0v) is 30.3. The summed E-state index contributed by atoms with van der Waals surface area (Å²) >= 11 is 0. The molecule has 0 rings (SSSR count). The first kappa shape index (κ1) is 38.0. The van der Waals surface area contributed by atoms with E-state index in [0.29, 0.717) is 0 Å². The summed E-state index contributed by atoms with van der Waals surface area (Å²) in [7, 11) is -6.64. The molecule has 179 valence electrons. The van der Waals surface area contributed by atoms with Crippen LogP contribution in [0.2, 0.25) is 118 Å². The van der Waals surface area contributed by atoms with Crippen molar-refractivity contribution in [3.05, 3.63) is 13.9 Å². The van der Waals surface area contributed by atoms with Crippen LogP contribution in [0.25, 0.3) is 13.9 Å². The van der Waals surface area contributed by atoms with Gasteiger partial charge in [0.1, 0.15) is 0 Å². The van der Waals surface area contributed by atoms with Crippen LogP contribution in [-0.2, 0) is 0 Å². The second-order valence-electron chi connectivity index (χ2n) is 13.4. The maximum absolute atomic E-state index is 4.82. The fraction of sp³-hybridized carbons (Fsp3) is 1.00. The third-order valence-electron chi connectivity index (χ3n) is 2.01. The van der Waals surface area contributed by atoms with Crippen molar-refractivity contribution in [1.82, 2.24) is 0 Å². The number of hydrogen-bond donors (Lipinski definition) is 0. The molecule has 0 aliphatic heterocycles. The smallest absolute Gasteiger partial charge is 0.668 e. The van der Waals surface area contributed by atoms with Gasteiger partial charge in [-0.05, 0) is 0 Å². The summed E-state index contributed by atoms with van der Waals surface area (Å²) in [6.07, 6.45) is 0. The maximum atomic E-state index is 4.82. The van der Waals surface area contributed by atoms with Crippen molar-refractivity contribution in [3.8, 4) is 0 Å². The molecule has 0 aromatic carbocycles. The molecule has 0 aliphatic carbocycles. The van der Waals surface area contributed by atoms with Crippen LogP contribution in [0.1, 0.15) is 0 Å². The molecular formula is C18H54N3Si6Yb. The predicted octanol–water partition coefficient (Wildman–Crippen LogP) is 9.09. The Morgan fingerprint density at radius 1 is 0.250 bits per heavy atom. The van der Waals surface area contributed by atoms with E-state index < -0.39 is 49.4 Å². The van der Waals surface area contributed by atoms with Gasteiger partial charge < -0.3 is 13.9 Å². The van der Waals surface area contributed by atoms with Crippen LogP contribution in [0.15, 0.2) is 0 Å². The molecule has 1 radical (unpaired) electrons. The predicted molar refractivity (Wildman–Crippen MR) is 150 cm³/mol. The molecule has 0 bridgehead atoms. The van der Waals surface area contributed by atoms with Crippen LogP contribution in [0, 0.1) is 46.9 Å². The van der Waals surface area contributed by atoms with Crippen molar-refractivity contribution in [2.75, 3.05) is 0 Å². The Hall–Kier alpha value is 2.70. The van der Waals surface area contributed by atoms with Gasteiger partial charge in [-0.3, -0.25) is 0 Å². The quantitative estimate of drug-likeness (QED) is 0.257. The summed E-state index contributed by atoms with van der Waals surface area (Å²) in [5.74, 6) is 0. The minimum Gasteiger partial charge on any atom is -0.668 e. The van der Waals surface area contributed by atoms with Crippen molar-refractivity contribution in [1.29, 1.82) is 0 Å². The molecule has 0 saturated carbocycles. The summed E-state index contributed by atoms with van der Waals surface area (Å²) in [6.45, 7) is 41.3. The zero-order chi connectivity index (χ0) is 23.1. The van der Waals surface area contributed by atoms with Crippen LogP contribution in [0.3, 0.4) is 0 Å². The van der Waals surface area contributed by atoms with E-state index in [-0.39, 0.29) is 46.9 Å². The number of hydrogen-bond acceptors (Lipinski definition) is 0. The van der Waals surface area contributed by atoms with Crippen LogP contribution in [-0.4, -0.2) is 49.4 Å². The van der Waals surface area contributed by atoms with Gasteiger partial charge in [0.2, 0.25) is 0 Å². The van der Waals surface area contributed by atoms with Gasteiger partial charge in [-0.2, -0.15) is 0 Å². The van der Waals surface area contributed by atoms with Crippen molar-refractivity contribution < 1.29 is 46.9 Å². The maximum Gasteiger partial charge on any atom is 3.00 e. The molecule has 0 saturated heterocycles. The van der Waals surface area contributed by atoms with E-state index in [1.54, 1.807) is 0 Å². The van der Waals surface area contributed by atoms with Gasteiger partial charge in [0.25, 0.3) is 0 Å². The number of rotatable bonds is 6. The van der Waals surface area contributed by atoms with Crippen LogP contribution in [0.5, 0.6) is 0 Å². The molecule has 0 aromatic heterocycles.